The van der Waals surface area contributed by atoms with Crippen LogP contribution in [0.1, 0.15) is 25.8 Å². The Balaban J connectivity index is 2.00. The number of hydrogen-bond acceptors (Lipinski definition) is 5. The summed E-state index contributed by atoms with van der Waals surface area (Å²) in [4.78, 5) is 8.66. The molecule has 0 spiro atoms. The Kier molecular flexibility index (Phi) is 8.38. The van der Waals surface area contributed by atoms with Gasteiger partial charge >= 0.3 is 0 Å². The summed E-state index contributed by atoms with van der Waals surface area (Å²) in [6.07, 6.45) is 2.65. The van der Waals surface area contributed by atoms with Gasteiger partial charge in [-0.15, -0.1) is 0 Å². The van der Waals surface area contributed by atoms with Crippen molar-refractivity contribution >= 4 is 5.96 Å². The van der Waals surface area contributed by atoms with Crippen LogP contribution in [-0.2, 0) is 11.3 Å². The summed E-state index contributed by atoms with van der Waals surface area (Å²) in [5.74, 6) is 2.36. The third kappa shape index (κ3) is 7.15. The van der Waals surface area contributed by atoms with Gasteiger partial charge in [-0.2, -0.15) is 0 Å². The number of methoxy groups -OCH3 is 1. The van der Waals surface area contributed by atoms with Gasteiger partial charge in [0.05, 0.1) is 19.8 Å². The Morgan fingerprint density at radius 2 is 1.96 bits per heavy atom. The molecule has 0 saturated carbocycles. The highest BCUT2D eigenvalue weighted by molar-refractivity contribution is 5.78. The zero-order chi connectivity index (χ0) is 19.5. The zero-order valence-corrected chi connectivity index (χ0v) is 16.1. The average molecular weight is 372 g/mol. The first-order valence-corrected chi connectivity index (χ1v) is 9.02. The van der Waals surface area contributed by atoms with E-state index in [-0.39, 0.29) is 6.04 Å². The first-order valence-electron chi connectivity index (χ1n) is 9.02. The molecule has 0 aliphatic carbocycles. The van der Waals surface area contributed by atoms with Gasteiger partial charge in [0, 0.05) is 24.9 Å². The number of rotatable bonds is 10. The first kappa shape index (κ1) is 20.5. The van der Waals surface area contributed by atoms with Crippen molar-refractivity contribution in [2.45, 2.75) is 32.9 Å². The Morgan fingerprint density at radius 1 is 1.22 bits per heavy atom. The van der Waals surface area contributed by atoms with Crippen molar-refractivity contribution in [3.8, 4) is 17.4 Å². The number of nitrogens with two attached hydrogens (primary N) is 1. The van der Waals surface area contributed by atoms with Crippen LogP contribution in [0.2, 0.25) is 0 Å². The van der Waals surface area contributed by atoms with E-state index in [4.69, 9.17) is 19.9 Å². The van der Waals surface area contributed by atoms with E-state index in [1.807, 2.05) is 43.3 Å². The number of ether oxygens (including phenoxy) is 3. The molecule has 0 bridgehead atoms. The fourth-order valence-electron chi connectivity index (χ4n) is 2.33. The van der Waals surface area contributed by atoms with E-state index in [0.717, 1.165) is 17.7 Å². The standard InChI is InChI=1S/C20H28N4O3/c1-4-12-26-17-7-9-18(10-8-17)27-19-16(6-5-11-22-19)13-23-20(21)24-15(2)14-25-3/h5-11,15H,4,12-14H2,1-3H3,(H3,21,23,24). The molecule has 0 aliphatic heterocycles. The predicted molar refractivity (Wildman–Crippen MR) is 106 cm³/mol. The third-order valence-corrected chi connectivity index (χ3v) is 3.59. The average Bonchev–Trinajstić information content (AvgIpc) is 2.67. The molecule has 7 nitrogen and oxygen atoms in total. The molecule has 0 aliphatic rings. The Morgan fingerprint density at radius 3 is 2.67 bits per heavy atom. The van der Waals surface area contributed by atoms with Crippen LogP contribution in [0.5, 0.6) is 17.4 Å². The number of pyridine rings is 1. The van der Waals surface area contributed by atoms with Gasteiger partial charge in [0.2, 0.25) is 5.88 Å². The van der Waals surface area contributed by atoms with Crippen molar-refractivity contribution < 1.29 is 14.2 Å². The summed E-state index contributed by atoms with van der Waals surface area (Å²) < 4.78 is 16.6. The van der Waals surface area contributed by atoms with Gasteiger partial charge in [-0.3, -0.25) is 0 Å². The normalized spacial score (nSPS) is 12.5. The summed E-state index contributed by atoms with van der Waals surface area (Å²) in [5, 5.41) is 3.07. The Bertz CT molecular complexity index is 719. The molecular formula is C20H28N4O3. The van der Waals surface area contributed by atoms with Crippen LogP contribution in [0.25, 0.3) is 0 Å². The lowest BCUT2D eigenvalue weighted by atomic mass is 10.2. The second kappa shape index (κ2) is 11.0. The summed E-state index contributed by atoms with van der Waals surface area (Å²) >= 11 is 0. The highest BCUT2D eigenvalue weighted by Crippen LogP contribution is 2.25. The van der Waals surface area contributed by atoms with Crippen LogP contribution >= 0.6 is 0 Å². The van der Waals surface area contributed by atoms with E-state index < -0.39 is 0 Å². The molecule has 7 heteroatoms. The Hall–Kier alpha value is -2.80. The van der Waals surface area contributed by atoms with Gasteiger partial charge < -0.3 is 25.3 Å². The molecule has 1 heterocycles. The maximum atomic E-state index is 5.92. The molecule has 146 valence electrons. The second-order valence-corrected chi connectivity index (χ2v) is 6.09. The largest absolute Gasteiger partial charge is 0.494 e. The maximum absolute atomic E-state index is 5.92. The number of nitrogens with one attached hydrogen (secondary N) is 1. The van der Waals surface area contributed by atoms with Crippen LogP contribution in [-0.4, -0.2) is 37.3 Å². The van der Waals surface area contributed by atoms with Crippen LogP contribution < -0.4 is 20.5 Å². The fraction of sp³-hybridized carbons (Fsp3) is 0.400. The third-order valence-electron chi connectivity index (χ3n) is 3.59. The zero-order valence-electron chi connectivity index (χ0n) is 16.1. The molecular weight excluding hydrogens is 344 g/mol. The van der Waals surface area contributed by atoms with Gasteiger partial charge in [-0.25, -0.2) is 9.98 Å². The SMILES string of the molecule is CCCOc1ccc(Oc2ncccc2CN=C(N)NC(C)COC)cc1. The molecule has 0 saturated heterocycles. The van der Waals surface area contributed by atoms with Crippen molar-refractivity contribution in [3.05, 3.63) is 48.2 Å². The maximum Gasteiger partial charge on any atom is 0.224 e. The van der Waals surface area contributed by atoms with Crippen LogP contribution in [0, 0.1) is 0 Å². The lowest BCUT2D eigenvalue weighted by Gasteiger charge is -2.13. The summed E-state index contributed by atoms with van der Waals surface area (Å²) in [6, 6.07) is 11.3. The second-order valence-electron chi connectivity index (χ2n) is 6.09. The van der Waals surface area contributed by atoms with E-state index in [1.54, 1.807) is 13.3 Å². The predicted octanol–water partition coefficient (Wildman–Crippen LogP) is 3.10. The quantitative estimate of drug-likeness (QED) is 0.492. The van der Waals surface area contributed by atoms with E-state index in [1.165, 1.54) is 0 Å². The smallest absolute Gasteiger partial charge is 0.224 e. The van der Waals surface area contributed by atoms with Crippen molar-refractivity contribution in [2.75, 3.05) is 20.3 Å². The molecule has 1 aromatic heterocycles. The van der Waals surface area contributed by atoms with Gasteiger partial charge in [-0.1, -0.05) is 13.0 Å². The topological polar surface area (TPSA) is 91.0 Å². The number of nitrogens with zero attached hydrogens (tertiary/aromatic N) is 2. The first-order chi connectivity index (χ1) is 13.1. The number of aromatic nitrogens is 1. The summed E-state index contributed by atoms with van der Waals surface area (Å²) in [5.41, 5.74) is 6.76. The number of guanidine groups is 1. The fourth-order valence-corrected chi connectivity index (χ4v) is 2.33. The monoisotopic (exact) mass is 372 g/mol. The molecule has 1 unspecified atom stereocenters. The minimum atomic E-state index is 0.0804. The molecule has 1 atom stereocenters. The van der Waals surface area contributed by atoms with Crippen molar-refractivity contribution in [1.82, 2.24) is 10.3 Å². The van der Waals surface area contributed by atoms with Gasteiger partial charge in [0.25, 0.3) is 0 Å². The van der Waals surface area contributed by atoms with Crippen molar-refractivity contribution in [3.63, 3.8) is 0 Å². The number of benzene rings is 1. The van der Waals surface area contributed by atoms with Crippen LogP contribution in [0.4, 0.5) is 0 Å². The van der Waals surface area contributed by atoms with Crippen LogP contribution in [0.15, 0.2) is 47.6 Å². The molecule has 0 radical (unpaired) electrons. The molecule has 0 fully saturated rings. The highest BCUT2D eigenvalue weighted by atomic mass is 16.5. The van der Waals surface area contributed by atoms with E-state index >= 15 is 0 Å². The molecule has 1 aromatic carbocycles. The minimum Gasteiger partial charge on any atom is -0.494 e. The van der Waals surface area contributed by atoms with Gasteiger partial charge in [0.1, 0.15) is 11.5 Å². The molecule has 2 rings (SSSR count). The number of hydrogen-bond donors (Lipinski definition) is 2. The van der Waals surface area contributed by atoms with Crippen molar-refractivity contribution in [1.29, 1.82) is 0 Å². The lowest BCUT2D eigenvalue weighted by molar-refractivity contribution is 0.179. The molecule has 0 amide bonds. The van der Waals surface area contributed by atoms with Crippen molar-refractivity contribution in [2.24, 2.45) is 10.7 Å². The lowest BCUT2D eigenvalue weighted by Crippen LogP contribution is -2.40. The summed E-state index contributed by atoms with van der Waals surface area (Å²) in [7, 11) is 1.65. The molecule has 3 N–H and O–H groups in total. The van der Waals surface area contributed by atoms with E-state index in [0.29, 0.717) is 37.3 Å². The Labute approximate surface area is 160 Å². The highest BCUT2D eigenvalue weighted by Gasteiger charge is 2.07. The van der Waals surface area contributed by atoms with E-state index in [9.17, 15) is 0 Å². The molecule has 2 aromatic rings. The number of aliphatic imine (C=N–C) groups is 1. The van der Waals surface area contributed by atoms with Crippen LogP contribution in [0.3, 0.4) is 0 Å². The van der Waals surface area contributed by atoms with Gasteiger partial charge in [-0.05, 0) is 43.7 Å². The van der Waals surface area contributed by atoms with E-state index in [2.05, 4.69) is 22.2 Å². The minimum absolute atomic E-state index is 0.0804. The molecule has 27 heavy (non-hydrogen) atoms. The van der Waals surface area contributed by atoms with Gasteiger partial charge in [0.15, 0.2) is 5.96 Å². The summed E-state index contributed by atoms with van der Waals surface area (Å²) in [6.45, 7) is 5.65.